The van der Waals surface area contributed by atoms with Crippen molar-refractivity contribution < 1.29 is 19.4 Å². The van der Waals surface area contributed by atoms with Gasteiger partial charge in [-0.05, 0) is 109 Å². The van der Waals surface area contributed by atoms with Crippen LogP contribution in [0.4, 0.5) is 11.5 Å². The maximum Gasteiger partial charge on any atom is 0.320 e. The molecule has 2 aliphatic heterocycles. The number of aliphatic hydroxyl groups excluding tert-OH is 1. The number of aromatic nitrogens is 3. The van der Waals surface area contributed by atoms with E-state index in [0.717, 1.165) is 81.5 Å². The minimum absolute atomic E-state index is 0.255. The van der Waals surface area contributed by atoms with Crippen LogP contribution in [0.25, 0.3) is 44.6 Å². The third-order valence-electron chi connectivity index (χ3n) is 10.5. The molecule has 2 aliphatic rings. The van der Waals surface area contributed by atoms with Crippen LogP contribution in [-0.4, -0.2) is 72.7 Å². The van der Waals surface area contributed by atoms with E-state index in [2.05, 4.69) is 46.4 Å². The van der Waals surface area contributed by atoms with Gasteiger partial charge < -0.3 is 19.9 Å². The normalized spacial score (nSPS) is 18.0. The van der Waals surface area contributed by atoms with E-state index in [0.29, 0.717) is 54.4 Å². The molecule has 6 aromatic rings. The fourth-order valence-electron chi connectivity index (χ4n) is 7.76. The van der Waals surface area contributed by atoms with Crippen molar-refractivity contribution in [3.63, 3.8) is 0 Å². The molecule has 0 amide bonds. The van der Waals surface area contributed by atoms with Gasteiger partial charge >= 0.3 is 5.97 Å². The molecule has 3 aromatic carbocycles. The number of nitriles is 1. The van der Waals surface area contributed by atoms with Gasteiger partial charge in [0.05, 0.1) is 11.7 Å². The molecular formula is C41H39N7O4. The lowest BCUT2D eigenvalue weighted by atomic mass is 9.93. The van der Waals surface area contributed by atoms with Crippen LogP contribution in [-0.2, 0) is 17.9 Å². The molecule has 11 heteroatoms. The van der Waals surface area contributed by atoms with E-state index in [1.165, 1.54) is 0 Å². The van der Waals surface area contributed by atoms with Crippen molar-refractivity contribution in [3.05, 3.63) is 101 Å². The summed E-state index contributed by atoms with van der Waals surface area (Å²) in [6.07, 6.45) is 5.69. The average Bonchev–Trinajstić information content (AvgIpc) is 3.89. The number of nitrogens with one attached hydrogen (secondary N) is 1. The van der Waals surface area contributed by atoms with Gasteiger partial charge in [0.25, 0.3) is 0 Å². The highest BCUT2D eigenvalue weighted by Gasteiger charge is 2.31. The Kier molecular flexibility index (Phi) is 8.89. The smallest absolute Gasteiger partial charge is 0.320 e. The lowest BCUT2D eigenvalue weighted by Gasteiger charge is -2.20. The number of carbonyl (C=O) groups is 1. The van der Waals surface area contributed by atoms with Crippen molar-refractivity contribution in [2.75, 3.05) is 25.0 Å². The summed E-state index contributed by atoms with van der Waals surface area (Å²) in [6.45, 7) is 7.58. The molecule has 0 unspecified atom stereocenters. The molecule has 0 radical (unpaired) electrons. The molecule has 52 heavy (non-hydrogen) atoms. The van der Waals surface area contributed by atoms with Gasteiger partial charge in [0.15, 0.2) is 11.4 Å². The molecule has 8 rings (SSSR count). The summed E-state index contributed by atoms with van der Waals surface area (Å²) in [6, 6.07) is 21.7. The lowest BCUT2D eigenvalue weighted by Crippen LogP contribution is -2.35. The molecule has 2 atom stereocenters. The molecule has 11 nitrogen and oxygen atoms in total. The quantitative estimate of drug-likeness (QED) is 0.144. The first-order valence-corrected chi connectivity index (χ1v) is 17.7. The monoisotopic (exact) mass is 693 g/mol. The number of aliphatic carboxylic acids is 1. The number of fused-ring (bicyclic) bond motifs is 2. The average molecular weight is 694 g/mol. The van der Waals surface area contributed by atoms with Crippen molar-refractivity contribution in [2.45, 2.75) is 58.3 Å². The number of β-amino-alcohol motifs (C(OH)–C–C–N with tert-alkyl or cyclic N) is 1. The topological polar surface area (TPSA) is 152 Å². The molecule has 0 saturated carbocycles. The maximum atomic E-state index is 11.8. The van der Waals surface area contributed by atoms with Gasteiger partial charge in [0.1, 0.15) is 23.1 Å². The van der Waals surface area contributed by atoms with E-state index in [1.54, 1.807) is 12.3 Å². The summed E-state index contributed by atoms with van der Waals surface area (Å²) in [5, 5.41) is 34.1. The zero-order valence-corrected chi connectivity index (χ0v) is 29.1. The highest BCUT2D eigenvalue weighted by Crippen LogP contribution is 2.38. The van der Waals surface area contributed by atoms with Gasteiger partial charge in [-0.1, -0.05) is 24.3 Å². The van der Waals surface area contributed by atoms with E-state index in [9.17, 15) is 20.3 Å². The zero-order chi connectivity index (χ0) is 35.9. The van der Waals surface area contributed by atoms with Gasteiger partial charge in [-0.2, -0.15) is 5.26 Å². The number of carboxylic acid groups (broad SMARTS) is 1. The number of hydrogen-bond acceptors (Lipinski definition) is 10. The number of oxazole rings is 1. The van der Waals surface area contributed by atoms with Crippen molar-refractivity contribution in [1.82, 2.24) is 24.8 Å². The fraction of sp³-hybridized carbons (Fsp3) is 0.293. The number of rotatable bonds is 9. The minimum atomic E-state index is -0.818. The SMILES string of the molecule is Cc1c(Nc2nccc3cc(CN4CC[C@H](O)C4)cnc23)cccc1-c1cccc(-c2nc3cc(CN4CCC[C@H]4C(=O)O)cc(C#N)c3o2)c1C. The van der Waals surface area contributed by atoms with E-state index >= 15 is 0 Å². The van der Waals surface area contributed by atoms with E-state index < -0.39 is 12.0 Å². The second-order valence-corrected chi connectivity index (χ2v) is 13.9. The van der Waals surface area contributed by atoms with Crippen molar-refractivity contribution in [3.8, 4) is 28.7 Å². The highest BCUT2D eigenvalue weighted by atomic mass is 16.4. The van der Waals surface area contributed by atoms with Crippen LogP contribution in [0.1, 0.15) is 47.1 Å². The molecule has 5 heterocycles. The van der Waals surface area contributed by atoms with Gasteiger partial charge in [0.2, 0.25) is 5.89 Å². The number of carboxylic acids is 1. The predicted molar refractivity (Wildman–Crippen MR) is 199 cm³/mol. The number of likely N-dealkylation sites (tertiary alicyclic amines) is 2. The summed E-state index contributed by atoms with van der Waals surface area (Å²) in [7, 11) is 0. The molecule has 262 valence electrons. The van der Waals surface area contributed by atoms with Crippen LogP contribution < -0.4 is 5.32 Å². The molecule has 3 N–H and O–H groups in total. The highest BCUT2D eigenvalue weighted by molar-refractivity contribution is 5.91. The first kappa shape index (κ1) is 33.5. The number of benzene rings is 3. The molecule has 3 aromatic heterocycles. The standard InChI is InChI=1S/C41H39N7O4/c1-24-31(6-3-8-33(24)40-46-35-18-26(16-29(19-42)38(35)52-40)22-48-14-5-10-36(48)41(50)51)32-7-4-9-34(25(32)2)45-39-37-28(11-13-43-39)17-27(20-44-37)21-47-15-12-30(49)23-47/h3-4,6-9,11,13,16-18,20,30,36,49H,5,10,12,14-15,21-23H2,1-2H3,(H,43,45)(H,50,51)/t30-,36-/m0/s1. The number of aliphatic hydroxyl groups is 1. The van der Waals surface area contributed by atoms with Crippen LogP contribution in [0.3, 0.4) is 0 Å². The molecule has 2 saturated heterocycles. The van der Waals surface area contributed by atoms with Gasteiger partial charge in [-0.25, -0.2) is 9.97 Å². The second kappa shape index (κ2) is 13.8. The summed E-state index contributed by atoms with van der Waals surface area (Å²) >= 11 is 0. The van der Waals surface area contributed by atoms with Gasteiger partial charge in [0, 0.05) is 55.2 Å². The molecular weight excluding hydrogens is 654 g/mol. The lowest BCUT2D eigenvalue weighted by molar-refractivity contribution is -0.142. The first-order valence-electron chi connectivity index (χ1n) is 17.7. The van der Waals surface area contributed by atoms with Gasteiger partial charge in [-0.3, -0.25) is 19.6 Å². The number of pyridine rings is 2. The minimum Gasteiger partial charge on any atom is -0.480 e. The second-order valence-electron chi connectivity index (χ2n) is 13.9. The Morgan fingerprint density at radius 3 is 2.58 bits per heavy atom. The first-order chi connectivity index (χ1) is 25.2. The Morgan fingerprint density at radius 2 is 1.79 bits per heavy atom. The summed E-state index contributed by atoms with van der Waals surface area (Å²) in [5.74, 6) is 0.279. The Bertz CT molecular complexity index is 2380. The van der Waals surface area contributed by atoms with Crippen molar-refractivity contribution in [1.29, 1.82) is 5.26 Å². The molecule has 0 spiro atoms. The largest absolute Gasteiger partial charge is 0.480 e. The molecule has 0 bridgehead atoms. The predicted octanol–water partition coefficient (Wildman–Crippen LogP) is 6.95. The Morgan fingerprint density at radius 1 is 0.981 bits per heavy atom. The van der Waals surface area contributed by atoms with E-state index in [4.69, 9.17) is 14.4 Å². The van der Waals surface area contributed by atoms with Gasteiger partial charge in [-0.15, -0.1) is 0 Å². The summed E-state index contributed by atoms with van der Waals surface area (Å²) in [5.41, 5.74) is 9.92. The zero-order valence-electron chi connectivity index (χ0n) is 29.1. The number of anilines is 2. The van der Waals surface area contributed by atoms with Crippen LogP contribution in [0.15, 0.2) is 77.5 Å². The van der Waals surface area contributed by atoms with Crippen LogP contribution in [0.5, 0.6) is 0 Å². The number of nitrogens with zero attached hydrogens (tertiary/aromatic N) is 6. The van der Waals surface area contributed by atoms with Crippen molar-refractivity contribution in [2.24, 2.45) is 0 Å². The van der Waals surface area contributed by atoms with E-state index in [1.807, 2.05) is 54.4 Å². The van der Waals surface area contributed by atoms with Crippen molar-refractivity contribution >= 4 is 39.5 Å². The fourth-order valence-corrected chi connectivity index (χ4v) is 7.76. The van der Waals surface area contributed by atoms with Crippen LogP contribution >= 0.6 is 0 Å². The Balaban J connectivity index is 1.08. The van der Waals surface area contributed by atoms with E-state index in [-0.39, 0.29) is 6.10 Å². The number of hydrogen-bond donors (Lipinski definition) is 3. The summed E-state index contributed by atoms with van der Waals surface area (Å²) < 4.78 is 6.27. The Hall–Kier alpha value is -5.67. The third kappa shape index (κ3) is 6.37. The third-order valence-corrected chi connectivity index (χ3v) is 10.5. The maximum absolute atomic E-state index is 11.8. The Labute approximate surface area is 301 Å². The summed E-state index contributed by atoms with van der Waals surface area (Å²) in [4.78, 5) is 30.2. The van der Waals surface area contributed by atoms with Crippen LogP contribution in [0.2, 0.25) is 0 Å². The van der Waals surface area contributed by atoms with Crippen LogP contribution in [0, 0.1) is 25.2 Å². The molecule has 0 aliphatic carbocycles. The molecule has 2 fully saturated rings.